The lowest BCUT2D eigenvalue weighted by atomic mass is 10.1. The zero-order valence-electron chi connectivity index (χ0n) is 13.2. The Morgan fingerprint density at radius 1 is 1.22 bits per heavy atom. The van der Waals surface area contributed by atoms with Gasteiger partial charge in [0, 0.05) is 5.56 Å². The molecule has 3 N–H and O–H groups in total. The van der Waals surface area contributed by atoms with Crippen molar-refractivity contribution in [3.63, 3.8) is 0 Å². The van der Waals surface area contributed by atoms with E-state index < -0.39 is 5.97 Å². The Bertz CT molecular complexity index is 674. The summed E-state index contributed by atoms with van der Waals surface area (Å²) in [7, 11) is 0. The van der Waals surface area contributed by atoms with Crippen molar-refractivity contribution in [1.82, 2.24) is 9.97 Å². The molecule has 2 rings (SSSR count). The number of hydrogen-bond donors (Lipinski definition) is 2. The van der Waals surface area contributed by atoms with E-state index in [2.05, 4.69) is 16.9 Å². The molecular formula is C17H21N3O3. The number of rotatable bonds is 8. The van der Waals surface area contributed by atoms with Crippen LogP contribution in [0.1, 0.15) is 43.1 Å². The first-order valence-corrected chi connectivity index (χ1v) is 7.72. The second-order valence-corrected chi connectivity index (χ2v) is 5.21. The van der Waals surface area contributed by atoms with E-state index in [1.165, 1.54) is 18.9 Å². The number of carboxylic acid groups (broad SMARTS) is 1. The van der Waals surface area contributed by atoms with Crippen molar-refractivity contribution in [1.29, 1.82) is 0 Å². The number of aromatic nitrogens is 2. The first-order chi connectivity index (χ1) is 11.1. The van der Waals surface area contributed by atoms with Crippen LogP contribution < -0.4 is 10.5 Å². The molecule has 0 saturated heterocycles. The van der Waals surface area contributed by atoms with Crippen molar-refractivity contribution in [3.8, 4) is 17.0 Å². The van der Waals surface area contributed by atoms with Gasteiger partial charge in [-0.3, -0.25) is 0 Å². The molecule has 122 valence electrons. The molecule has 0 aliphatic carbocycles. The second-order valence-electron chi connectivity index (χ2n) is 5.21. The highest BCUT2D eigenvalue weighted by atomic mass is 16.5. The van der Waals surface area contributed by atoms with Crippen LogP contribution in [0, 0.1) is 0 Å². The van der Waals surface area contributed by atoms with Crippen molar-refractivity contribution >= 4 is 11.9 Å². The molecule has 6 nitrogen and oxygen atoms in total. The van der Waals surface area contributed by atoms with Gasteiger partial charge in [-0.15, -0.1) is 0 Å². The summed E-state index contributed by atoms with van der Waals surface area (Å²) in [5.41, 5.74) is 6.63. The van der Waals surface area contributed by atoms with Crippen LogP contribution in [0.15, 0.2) is 30.3 Å². The van der Waals surface area contributed by atoms with Crippen LogP contribution >= 0.6 is 0 Å². The minimum Gasteiger partial charge on any atom is -0.493 e. The fourth-order valence-corrected chi connectivity index (χ4v) is 2.23. The van der Waals surface area contributed by atoms with Crippen molar-refractivity contribution in [3.05, 3.63) is 36.0 Å². The Hall–Kier alpha value is -2.63. The summed E-state index contributed by atoms with van der Waals surface area (Å²) in [4.78, 5) is 19.0. The standard InChI is InChI=1S/C17H21N3O3/c1-2-3-4-7-10-23-15-9-6-5-8-12(15)13-11-14(16(21)22)20-17(18)19-13/h5-6,8-9,11H,2-4,7,10H2,1H3,(H,21,22)(H2,18,19,20). The number of aromatic carboxylic acids is 1. The number of carboxylic acids is 1. The van der Waals surface area contributed by atoms with E-state index in [1.54, 1.807) is 0 Å². The van der Waals surface area contributed by atoms with E-state index in [0.29, 0.717) is 23.6 Å². The molecule has 0 aliphatic rings. The van der Waals surface area contributed by atoms with Crippen LogP contribution in [-0.4, -0.2) is 27.7 Å². The van der Waals surface area contributed by atoms with Crippen LogP contribution in [0.2, 0.25) is 0 Å². The first kappa shape index (κ1) is 16.7. The normalized spacial score (nSPS) is 10.5. The number of unbranched alkanes of at least 4 members (excludes halogenated alkanes) is 3. The van der Waals surface area contributed by atoms with Crippen LogP contribution in [0.3, 0.4) is 0 Å². The molecule has 1 heterocycles. The lowest BCUT2D eigenvalue weighted by Crippen LogP contribution is -2.06. The quantitative estimate of drug-likeness (QED) is 0.725. The van der Waals surface area contributed by atoms with Crippen LogP contribution in [-0.2, 0) is 0 Å². The molecule has 0 bridgehead atoms. The molecule has 0 fully saturated rings. The van der Waals surface area contributed by atoms with Gasteiger partial charge < -0.3 is 15.6 Å². The van der Waals surface area contributed by atoms with Crippen LogP contribution in [0.5, 0.6) is 5.75 Å². The van der Waals surface area contributed by atoms with Crippen LogP contribution in [0.25, 0.3) is 11.3 Å². The highest BCUT2D eigenvalue weighted by Gasteiger charge is 2.13. The fraction of sp³-hybridized carbons (Fsp3) is 0.353. The van der Waals surface area contributed by atoms with Crippen molar-refractivity contribution in [2.24, 2.45) is 0 Å². The molecular weight excluding hydrogens is 294 g/mol. The number of nitrogens with zero attached hydrogens (tertiary/aromatic N) is 2. The molecule has 0 atom stereocenters. The zero-order chi connectivity index (χ0) is 16.7. The Morgan fingerprint density at radius 3 is 2.74 bits per heavy atom. The number of benzene rings is 1. The molecule has 6 heteroatoms. The Kier molecular flexibility index (Phi) is 5.91. The van der Waals surface area contributed by atoms with Gasteiger partial charge in [0.25, 0.3) is 0 Å². The van der Waals surface area contributed by atoms with E-state index in [1.807, 2.05) is 24.3 Å². The minimum absolute atomic E-state index is 0.0716. The third-order valence-corrected chi connectivity index (χ3v) is 3.38. The van der Waals surface area contributed by atoms with E-state index in [-0.39, 0.29) is 11.6 Å². The topological polar surface area (TPSA) is 98.3 Å². The number of hydrogen-bond acceptors (Lipinski definition) is 5. The van der Waals surface area contributed by atoms with Crippen molar-refractivity contribution in [2.45, 2.75) is 32.6 Å². The van der Waals surface area contributed by atoms with Gasteiger partial charge in [0.15, 0.2) is 5.69 Å². The maximum absolute atomic E-state index is 11.1. The molecule has 1 aromatic carbocycles. The van der Waals surface area contributed by atoms with Crippen molar-refractivity contribution < 1.29 is 14.6 Å². The minimum atomic E-state index is -1.14. The Morgan fingerprint density at radius 2 is 2.00 bits per heavy atom. The monoisotopic (exact) mass is 315 g/mol. The molecule has 0 spiro atoms. The summed E-state index contributed by atoms with van der Waals surface area (Å²) in [6.07, 6.45) is 4.47. The summed E-state index contributed by atoms with van der Waals surface area (Å²) < 4.78 is 5.83. The molecule has 23 heavy (non-hydrogen) atoms. The number of para-hydroxylation sites is 1. The predicted molar refractivity (Wildman–Crippen MR) is 88.5 cm³/mol. The van der Waals surface area contributed by atoms with E-state index in [9.17, 15) is 4.79 Å². The maximum Gasteiger partial charge on any atom is 0.354 e. The highest BCUT2D eigenvalue weighted by Crippen LogP contribution is 2.29. The lowest BCUT2D eigenvalue weighted by Gasteiger charge is -2.11. The number of carbonyl (C=O) groups is 1. The summed E-state index contributed by atoms with van der Waals surface area (Å²) in [6, 6.07) is 8.78. The van der Waals surface area contributed by atoms with Gasteiger partial charge in [-0.1, -0.05) is 38.3 Å². The summed E-state index contributed by atoms with van der Waals surface area (Å²) >= 11 is 0. The summed E-state index contributed by atoms with van der Waals surface area (Å²) in [6.45, 7) is 2.78. The Labute approximate surface area is 135 Å². The average molecular weight is 315 g/mol. The molecule has 1 aromatic heterocycles. The third kappa shape index (κ3) is 4.67. The number of ether oxygens (including phenoxy) is 1. The number of nitrogen functional groups attached to an aromatic ring is 1. The predicted octanol–water partition coefficient (Wildman–Crippen LogP) is 3.38. The van der Waals surface area contributed by atoms with Gasteiger partial charge in [0.2, 0.25) is 5.95 Å². The average Bonchev–Trinajstić information content (AvgIpc) is 2.54. The molecule has 0 saturated carbocycles. The fourth-order valence-electron chi connectivity index (χ4n) is 2.23. The maximum atomic E-state index is 11.1. The first-order valence-electron chi connectivity index (χ1n) is 7.72. The van der Waals surface area contributed by atoms with Crippen molar-refractivity contribution in [2.75, 3.05) is 12.3 Å². The smallest absolute Gasteiger partial charge is 0.354 e. The molecule has 2 aromatic rings. The third-order valence-electron chi connectivity index (χ3n) is 3.38. The van der Waals surface area contributed by atoms with E-state index in [0.717, 1.165) is 12.8 Å². The Balaban J connectivity index is 2.21. The van der Waals surface area contributed by atoms with E-state index in [4.69, 9.17) is 15.6 Å². The summed E-state index contributed by atoms with van der Waals surface area (Å²) in [5, 5.41) is 9.10. The summed E-state index contributed by atoms with van der Waals surface area (Å²) in [5.74, 6) is -0.547. The molecule has 0 aliphatic heterocycles. The SMILES string of the molecule is CCCCCCOc1ccccc1-c1cc(C(=O)O)nc(N)n1. The molecule has 0 unspecified atom stereocenters. The van der Waals surface area contributed by atoms with Gasteiger partial charge in [-0.2, -0.15) is 0 Å². The lowest BCUT2D eigenvalue weighted by molar-refractivity contribution is 0.0690. The van der Waals surface area contributed by atoms with Gasteiger partial charge >= 0.3 is 5.97 Å². The number of nitrogens with two attached hydrogens (primary N) is 1. The largest absolute Gasteiger partial charge is 0.493 e. The van der Waals surface area contributed by atoms with Gasteiger partial charge in [-0.25, -0.2) is 14.8 Å². The van der Waals surface area contributed by atoms with Crippen LogP contribution in [0.4, 0.5) is 5.95 Å². The van der Waals surface area contributed by atoms with Gasteiger partial charge in [0.1, 0.15) is 5.75 Å². The molecule has 0 amide bonds. The number of anilines is 1. The molecule has 0 radical (unpaired) electrons. The highest BCUT2D eigenvalue weighted by molar-refractivity contribution is 5.87. The van der Waals surface area contributed by atoms with Gasteiger partial charge in [0.05, 0.1) is 12.3 Å². The van der Waals surface area contributed by atoms with Gasteiger partial charge in [-0.05, 0) is 24.6 Å². The second kappa shape index (κ2) is 8.12. The van der Waals surface area contributed by atoms with E-state index >= 15 is 0 Å². The zero-order valence-corrected chi connectivity index (χ0v) is 13.2.